The van der Waals surface area contributed by atoms with Gasteiger partial charge < -0.3 is 49.5 Å². The van der Waals surface area contributed by atoms with Crippen molar-refractivity contribution in [2.75, 3.05) is 52.4 Å². The fourth-order valence-electron chi connectivity index (χ4n) is 19.8. The summed E-state index contributed by atoms with van der Waals surface area (Å²) in [5.74, 6) is 4.24. The van der Waals surface area contributed by atoms with Crippen LogP contribution in [-0.2, 0) is 9.47 Å². The number of hydrogen-bond acceptors (Lipinski definition) is 10. The number of fused-ring (bicyclic) bond motifs is 4. The average Bonchev–Trinajstić information content (AvgIpc) is 1.72. The van der Waals surface area contributed by atoms with Gasteiger partial charge in [0.1, 0.15) is 71.8 Å². The second-order valence-corrected chi connectivity index (χ2v) is 28.2. The molecule has 6 aliphatic rings. The molecule has 4 aliphatic carbocycles. The molecule has 4 saturated carbocycles. The quantitative estimate of drug-likeness (QED) is 0.0269. The zero-order valence-electron chi connectivity index (χ0n) is 56.5. The molecule has 4 N–H and O–H groups in total. The lowest BCUT2D eigenvalue weighted by atomic mass is 9.52. The minimum atomic E-state index is -1.47. The normalized spacial score (nSPS) is 30.9. The molecule has 0 spiro atoms. The third-order valence-electron chi connectivity index (χ3n) is 24.2. The van der Waals surface area contributed by atoms with Crippen LogP contribution in [0.25, 0.3) is 0 Å². The Hall–Kier alpha value is -0.660. The SMILES string of the molecule is CCCCCCCCCCC(CC(C(O)O)C([C+]1C2CCC(N(CC)CC)CC2OC2CC(N(CC)CC)CCC12)C(CC)CCCCCCCC)C([C+]1C2CCC(N(CC)CC)CC2OC2CC(N(CC)CC)CCC12)C(CC)C(O)O. The van der Waals surface area contributed by atoms with Crippen molar-refractivity contribution < 1.29 is 29.9 Å². The molecule has 0 radical (unpaired) electrons. The smallest absolute Gasteiger partial charge is 0.158 e. The lowest BCUT2D eigenvalue weighted by Crippen LogP contribution is -2.59. The van der Waals surface area contributed by atoms with E-state index in [9.17, 15) is 20.4 Å². The van der Waals surface area contributed by atoms with Crippen LogP contribution in [0.4, 0.5) is 0 Å². The molecule has 6 rings (SSSR count). The molecule has 2 aliphatic heterocycles. The maximum atomic E-state index is 12.8. The Kier molecular flexibility index (Phi) is 32.3. The molecule has 484 valence electrons. The average molecular weight is 1170 g/mol. The summed E-state index contributed by atoms with van der Waals surface area (Å²) < 4.78 is 15.3. The van der Waals surface area contributed by atoms with Crippen molar-refractivity contribution in [3.63, 3.8) is 0 Å². The molecule has 83 heavy (non-hydrogen) atoms. The molecule has 2 saturated heterocycles. The molecular formula is C73H138N4O6+2. The van der Waals surface area contributed by atoms with Gasteiger partial charge in [0.05, 0.1) is 11.8 Å². The molecular weight excluding hydrogens is 1030 g/mol. The largest absolute Gasteiger partial charge is 0.368 e. The monoisotopic (exact) mass is 1170 g/mol. The Bertz CT molecular complexity index is 1600. The number of aliphatic hydroxyl groups is 4. The van der Waals surface area contributed by atoms with Gasteiger partial charge in [0.15, 0.2) is 12.6 Å². The van der Waals surface area contributed by atoms with Crippen molar-refractivity contribution in [2.24, 2.45) is 59.2 Å². The van der Waals surface area contributed by atoms with Crippen LogP contribution in [0.3, 0.4) is 0 Å². The highest BCUT2D eigenvalue weighted by Crippen LogP contribution is 2.61. The van der Waals surface area contributed by atoms with Crippen LogP contribution in [0.5, 0.6) is 0 Å². The van der Waals surface area contributed by atoms with Crippen LogP contribution >= 0.6 is 0 Å². The molecule has 0 bridgehead atoms. The van der Waals surface area contributed by atoms with Crippen LogP contribution in [0.15, 0.2) is 0 Å². The van der Waals surface area contributed by atoms with E-state index in [0.29, 0.717) is 54.8 Å². The first kappa shape index (κ1) is 71.4. The Morgan fingerprint density at radius 1 is 0.349 bits per heavy atom. The fraction of sp³-hybridized carbons (Fsp3) is 0.973. The molecule has 10 heteroatoms. The van der Waals surface area contributed by atoms with E-state index in [1.165, 1.54) is 96.3 Å². The molecule has 0 amide bonds. The van der Waals surface area contributed by atoms with E-state index in [0.717, 1.165) is 142 Å². The highest BCUT2D eigenvalue weighted by molar-refractivity contribution is 5.22. The summed E-state index contributed by atoms with van der Waals surface area (Å²) in [5, 5.41) is 49.9. The van der Waals surface area contributed by atoms with Crippen LogP contribution < -0.4 is 0 Å². The summed E-state index contributed by atoms with van der Waals surface area (Å²) in [7, 11) is 0. The van der Waals surface area contributed by atoms with Gasteiger partial charge in [-0.1, -0.05) is 173 Å². The predicted octanol–water partition coefficient (Wildman–Crippen LogP) is 15.5. The Morgan fingerprint density at radius 3 is 0.916 bits per heavy atom. The standard InChI is InChI=1S/C73H138N4O6/c1-13-25-27-29-31-32-34-36-38-53(69(58(16-4)72(78)79)71-61-45-41-56(76(21-9)22-10)50-66(61)83-67-51-57(42-46-62(67)71)77(23-11)24-12)47-63(73(80)81)68(52(15-3)37-35-33-30-28-26-14-2)70-59-43-39-54(74(17-5)18-6)48-64(59)82-65-49-55(40-44-60(65)70)75(19-7)20-8/h52-69,72-73,78-81H,13-51H2,1-12H3/q+2. The Morgan fingerprint density at radius 2 is 0.639 bits per heavy atom. The highest BCUT2D eigenvalue weighted by atomic mass is 16.5. The van der Waals surface area contributed by atoms with E-state index in [4.69, 9.17) is 9.47 Å². The summed E-state index contributed by atoms with van der Waals surface area (Å²) in [6.45, 7) is 36.4. The summed E-state index contributed by atoms with van der Waals surface area (Å²) in [6.07, 6.45) is 32.9. The van der Waals surface area contributed by atoms with E-state index in [1.807, 2.05) is 0 Å². The van der Waals surface area contributed by atoms with Gasteiger partial charge in [-0.05, 0) is 162 Å². The van der Waals surface area contributed by atoms with Gasteiger partial charge in [-0.25, -0.2) is 0 Å². The van der Waals surface area contributed by atoms with E-state index in [-0.39, 0.29) is 65.8 Å². The summed E-state index contributed by atoms with van der Waals surface area (Å²) in [4.78, 5) is 10.7. The van der Waals surface area contributed by atoms with Crippen LogP contribution in [0.1, 0.15) is 282 Å². The maximum Gasteiger partial charge on any atom is 0.158 e. The van der Waals surface area contributed by atoms with Crippen molar-refractivity contribution >= 4 is 0 Å². The molecule has 2 heterocycles. The number of unbranched alkanes of at least 4 members (excludes halogenated alkanes) is 12. The van der Waals surface area contributed by atoms with E-state index in [1.54, 1.807) is 11.8 Å². The molecule has 10 nitrogen and oxygen atoms in total. The minimum absolute atomic E-state index is 0.0433. The summed E-state index contributed by atoms with van der Waals surface area (Å²) >= 11 is 0. The molecule has 0 aromatic heterocycles. The zero-order valence-corrected chi connectivity index (χ0v) is 56.5. The minimum Gasteiger partial charge on any atom is -0.368 e. The van der Waals surface area contributed by atoms with Gasteiger partial charge in [-0.3, -0.25) is 0 Å². The van der Waals surface area contributed by atoms with E-state index >= 15 is 0 Å². The molecule has 0 aromatic rings. The van der Waals surface area contributed by atoms with Crippen molar-refractivity contribution in [1.82, 2.24) is 19.6 Å². The number of aliphatic hydroxyl groups excluding tert-OH is 2. The Labute approximate surface area is 513 Å². The van der Waals surface area contributed by atoms with Gasteiger partial charge in [0, 0.05) is 36.0 Å². The topological polar surface area (TPSA) is 112 Å². The number of hydrogen-bond donors (Lipinski definition) is 4. The molecule has 6 fully saturated rings. The van der Waals surface area contributed by atoms with Crippen molar-refractivity contribution in [3.05, 3.63) is 11.8 Å². The van der Waals surface area contributed by atoms with Crippen molar-refractivity contribution in [1.29, 1.82) is 0 Å². The predicted molar refractivity (Wildman–Crippen MR) is 348 cm³/mol. The highest BCUT2D eigenvalue weighted by Gasteiger charge is 2.66. The van der Waals surface area contributed by atoms with Crippen LogP contribution in [0.2, 0.25) is 0 Å². The molecule has 18 unspecified atom stereocenters. The number of ether oxygens (including phenoxy) is 2. The maximum absolute atomic E-state index is 12.8. The zero-order chi connectivity index (χ0) is 60.0. The lowest BCUT2D eigenvalue weighted by molar-refractivity contribution is -0.178. The van der Waals surface area contributed by atoms with Gasteiger partial charge in [-0.15, -0.1) is 0 Å². The number of rotatable bonds is 40. The van der Waals surface area contributed by atoms with Gasteiger partial charge in [0.2, 0.25) is 0 Å². The van der Waals surface area contributed by atoms with Crippen LogP contribution in [-0.4, -0.2) is 154 Å². The van der Waals surface area contributed by atoms with Crippen molar-refractivity contribution in [2.45, 2.75) is 343 Å². The third kappa shape index (κ3) is 18.7. The summed E-state index contributed by atoms with van der Waals surface area (Å²) in [5.41, 5.74) is 0. The van der Waals surface area contributed by atoms with Crippen LogP contribution in [0, 0.1) is 71.0 Å². The van der Waals surface area contributed by atoms with E-state index in [2.05, 4.69) is 103 Å². The third-order valence-corrected chi connectivity index (χ3v) is 24.2. The van der Waals surface area contributed by atoms with Gasteiger partial charge >= 0.3 is 0 Å². The second kappa shape index (κ2) is 37.5. The first-order valence-electron chi connectivity index (χ1n) is 37.1. The first-order chi connectivity index (χ1) is 40.3. The van der Waals surface area contributed by atoms with Gasteiger partial charge in [-0.2, -0.15) is 0 Å². The molecule has 0 aromatic carbocycles. The summed E-state index contributed by atoms with van der Waals surface area (Å²) in [6, 6.07) is 2.00. The second-order valence-electron chi connectivity index (χ2n) is 28.2. The van der Waals surface area contributed by atoms with Crippen molar-refractivity contribution in [3.8, 4) is 0 Å². The number of nitrogens with zero attached hydrogens (tertiary/aromatic N) is 4. The van der Waals surface area contributed by atoms with E-state index < -0.39 is 12.6 Å². The first-order valence-corrected chi connectivity index (χ1v) is 37.1. The fourth-order valence-corrected chi connectivity index (χ4v) is 19.8. The Balaban J connectivity index is 1.51. The van der Waals surface area contributed by atoms with Gasteiger partial charge in [0.25, 0.3) is 0 Å². The lowest BCUT2D eigenvalue weighted by Gasteiger charge is -2.53. The molecule has 18 atom stereocenters.